The van der Waals surface area contributed by atoms with Gasteiger partial charge in [-0.25, -0.2) is 9.97 Å². The van der Waals surface area contributed by atoms with Crippen molar-refractivity contribution in [2.24, 2.45) is 0 Å². The van der Waals surface area contributed by atoms with Gasteiger partial charge >= 0.3 is 12.4 Å². The molecule has 14 heteroatoms. The van der Waals surface area contributed by atoms with Crippen LogP contribution in [-0.2, 0) is 26.9 Å². The van der Waals surface area contributed by atoms with Crippen LogP contribution < -0.4 is 16.2 Å². The summed E-state index contributed by atoms with van der Waals surface area (Å²) in [6.07, 6.45) is -11.1. The number of halogens is 6. The molecule has 2 fully saturated rings. The fourth-order valence-corrected chi connectivity index (χ4v) is 3.91. The number of alkyl halides is 6. The van der Waals surface area contributed by atoms with Crippen LogP contribution in [0.5, 0.6) is 0 Å². The lowest BCUT2D eigenvalue weighted by atomic mass is 10.1. The Morgan fingerprint density at radius 1 is 1.06 bits per heavy atom. The molecule has 4 rings (SSSR count). The van der Waals surface area contributed by atoms with Crippen molar-refractivity contribution in [3.8, 4) is 0 Å². The van der Waals surface area contributed by atoms with Crippen LogP contribution in [0.15, 0.2) is 18.2 Å². The Bertz CT molecular complexity index is 1140. The summed E-state index contributed by atoms with van der Waals surface area (Å²) in [5.41, 5.74) is 2.60. The summed E-state index contributed by atoms with van der Waals surface area (Å²) in [4.78, 5) is 21.0. The van der Waals surface area contributed by atoms with Crippen molar-refractivity contribution < 1.29 is 40.6 Å². The van der Waals surface area contributed by atoms with E-state index < -0.39 is 42.1 Å². The van der Waals surface area contributed by atoms with Gasteiger partial charge in [-0.15, -0.1) is 0 Å². The van der Waals surface area contributed by atoms with E-state index >= 15 is 0 Å². The quantitative estimate of drug-likeness (QED) is 0.370. The second kappa shape index (κ2) is 9.39. The van der Waals surface area contributed by atoms with Crippen molar-refractivity contribution in [1.82, 2.24) is 15.3 Å². The number of carbonyl (C=O) groups excluding carboxylic acids is 1. The molecule has 2 aromatic rings. The van der Waals surface area contributed by atoms with Crippen molar-refractivity contribution in [1.29, 1.82) is 0 Å². The van der Waals surface area contributed by atoms with Gasteiger partial charge in [-0.2, -0.15) is 26.3 Å². The largest absolute Gasteiger partial charge is 0.416 e. The Morgan fingerprint density at radius 2 is 1.72 bits per heavy atom. The predicted octanol–water partition coefficient (Wildman–Crippen LogP) is 4.35. The van der Waals surface area contributed by atoms with E-state index in [0.29, 0.717) is 0 Å². The van der Waals surface area contributed by atoms with Crippen LogP contribution in [0.3, 0.4) is 0 Å². The first kappa shape index (κ1) is 25.9. The number of amides is 1. The molecule has 2 heterocycles. The van der Waals surface area contributed by atoms with Gasteiger partial charge in [-0.1, -0.05) is 6.07 Å². The number of nitrogens with one attached hydrogen (secondary N) is 3. The third-order valence-electron chi connectivity index (χ3n) is 5.95. The molecular weight excluding hydrogens is 496 g/mol. The maximum absolute atomic E-state index is 13.3. The van der Waals surface area contributed by atoms with E-state index in [0.717, 1.165) is 6.07 Å². The highest BCUT2D eigenvalue weighted by Crippen LogP contribution is 2.49. The molecule has 1 saturated carbocycles. The molecule has 0 radical (unpaired) electrons. The van der Waals surface area contributed by atoms with Gasteiger partial charge in [0, 0.05) is 0 Å². The fraction of sp³-hybridized carbons (Fsp3) is 0.500. The second-order valence-electron chi connectivity index (χ2n) is 8.58. The minimum atomic E-state index is -4.58. The van der Waals surface area contributed by atoms with Crippen LogP contribution in [0.1, 0.15) is 47.3 Å². The normalized spacial score (nSPS) is 17.7. The molecule has 1 aromatic heterocycles. The number of hydrogen-bond acceptors (Lipinski definition) is 7. The monoisotopic (exact) mass is 519 g/mol. The lowest BCUT2D eigenvalue weighted by Crippen LogP contribution is -2.48. The first-order valence-corrected chi connectivity index (χ1v) is 11.0. The standard InChI is InChI=1S/C22H23F6N5O3/c1-11-13(21(23,24)25)4-3-5-14(11)32-33-18-17(19-35-8-9-36-19)15(29-12(2)30-18)10-16(34)31-20(6-7-20)22(26,27)28/h3-5,19,32H,6-10H2,1-2H3,(H,31,34)(H,29,30,33). The molecule has 36 heavy (non-hydrogen) atoms. The number of hydrazine groups is 1. The number of anilines is 2. The van der Waals surface area contributed by atoms with Crippen LogP contribution in [0.2, 0.25) is 0 Å². The van der Waals surface area contributed by atoms with Crippen LogP contribution in [0.4, 0.5) is 37.8 Å². The molecule has 1 aliphatic carbocycles. The third kappa shape index (κ3) is 5.33. The molecule has 196 valence electrons. The molecule has 1 aliphatic heterocycles. The summed E-state index contributed by atoms with van der Waals surface area (Å²) in [6.45, 7) is 3.22. The zero-order valence-corrected chi connectivity index (χ0v) is 19.2. The topological polar surface area (TPSA) is 97.4 Å². The molecule has 0 unspecified atom stereocenters. The number of hydrogen-bond donors (Lipinski definition) is 3. The first-order valence-electron chi connectivity index (χ1n) is 11.0. The summed E-state index contributed by atoms with van der Waals surface area (Å²) in [5, 5.41) is 2.05. The predicted molar refractivity (Wildman–Crippen MR) is 115 cm³/mol. The molecule has 0 bridgehead atoms. The molecule has 3 N–H and O–H groups in total. The van der Waals surface area contributed by atoms with Crippen molar-refractivity contribution in [3.63, 3.8) is 0 Å². The van der Waals surface area contributed by atoms with Gasteiger partial charge in [-0.05, 0) is 44.4 Å². The van der Waals surface area contributed by atoms with Gasteiger partial charge in [0.15, 0.2) is 12.1 Å². The van der Waals surface area contributed by atoms with Crippen LogP contribution in [-0.4, -0.2) is 40.8 Å². The number of nitrogens with zero attached hydrogens (tertiary/aromatic N) is 2. The maximum atomic E-state index is 13.3. The molecule has 1 amide bonds. The van der Waals surface area contributed by atoms with Gasteiger partial charge in [0.25, 0.3) is 0 Å². The lowest BCUT2D eigenvalue weighted by Gasteiger charge is -2.23. The van der Waals surface area contributed by atoms with E-state index in [-0.39, 0.29) is 60.2 Å². The highest BCUT2D eigenvalue weighted by Gasteiger charge is 2.64. The third-order valence-corrected chi connectivity index (χ3v) is 5.95. The summed E-state index contributed by atoms with van der Waals surface area (Å²) in [6, 6.07) is 3.61. The van der Waals surface area contributed by atoms with Gasteiger partial charge < -0.3 is 14.8 Å². The summed E-state index contributed by atoms with van der Waals surface area (Å²) in [7, 11) is 0. The Morgan fingerprint density at radius 3 is 2.31 bits per heavy atom. The summed E-state index contributed by atoms with van der Waals surface area (Å²) < 4.78 is 90.7. The average Bonchev–Trinajstić information content (AvgIpc) is 3.35. The number of ether oxygens (including phenoxy) is 2. The zero-order valence-electron chi connectivity index (χ0n) is 19.2. The Hall–Kier alpha value is -3.13. The second-order valence-corrected chi connectivity index (χ2v) is 8.58. The molecule has 2 aliphatic rings. The number of carbonyl (C=O) groups is 1. The molecule has 1 aromatic carbocycles. The molecule has 8 nitrogen and oxygen atoms in total. The lowest BCUT2D eigenvalue weighted by molar-refractivity contribution is -0.170. The number of aromatic nitrogens is 2. The van der Waals surface area contributed by atoms with E-state index in [2.05, 4.69) is 20.8 Å². The Balaban J connectivity index is 1.61. The summed E-state index contributed by atoms with van der Waals surface area (Å²) in [5.74, 6) is -0.678. The van der Waals surface area contributed by atoms with Crippen molar-refractivity contribution in [2.75, 3.05) is 24.1 Å². The summed E-state index contributed by atoms with van der Waals surface area (Å²) >= 11 is 0. The highest BCUT2D eigenvalue weighted by atomic mass is 19.4. The number of rotatable bonds is 7. The maximum Gasteiger partial charge on any atom is 0.416 e. The molecule has 0 atom stereocenters. The fourth-order valence-electron chi connectivity index (χ4n) is 3.91. The van der Waals surface area contributed by atoms with Gasteiger partial charge in [0.2, 0.25) is 5.91 Å². The first-order chi connectivity index (χ1) is 16.8. The Labute approximate surface area is 201 Å². The number of aryl methyl sites for hydroxylation is 1. The molecular formula is C22H23F6N5O3. The minimum absolute atomic E-state index is 0.0472. The zero-order chi connectivity index (χ0) is 26.3. The molecule has 0 spiro atoms. The van der Waals surface area contributed by atoms with E-state index in [1.54, 1.807) is 0 Å². The van der Waals surface area contributed by atoms with E-state index in [4.69, 9.17) is 9.47 Å². The average molecular weight is 519 g/mol. The molecule has 1 saturated heterocycles. The van der Waals surface area contributed by atoms with Crippen molar-refractivity contribution in [3.05, 3.63) is 46.4 Å². The smallest absolute Gasteiger partial charge is 0.346 e. The van der Waals surface area contributed by atoms with Crippen molar-refractivity contribution >= 4 is 17.4 Å². The van der Waals surface area contributed by atoms with E-state index in [1.807, 2.05) is 5.32 Å². The van der Waals surface area contributed by atoms with Crippen LogP contribution in [0, 0.1) is 13.8 Å². The van der Waals surface area contributed by atoms with Crippen molar-refractivity contribution in [2.45, 2.75) is 57.3 Å². The van der Waals surface area contributed by atoms with Gasteiger partial charge in [0.05, 0.1) is 42.1 Å². The minimum Gasteiger partial charge on any atom is -0.346 e. The van der Waals surface area contributed by atoms with E-state index in [9.17, 15) is 31.1 Å². The van der Waals surface area contributed by atoms with Gasteiger partial charge in [0.1, 0.15) is 11.4 Å². The number of benzene rings is 1. The SMILES string of the molecule is Cc1nc(CC(=O)NC2(C(F)(F)F)CC2)c(C2OCCO2)c(NNc2cccc(C(F)(F)F)c2C)n1. The van der Waals surface area contributed by atoms with E-state index in [1.165, 1.54) is 26.0 Å². The van der Waals surface area contributed by atoms with Gasteiger partial charge in [-0.3, -0.25) is 15.6 Å². The Kier molecular flexibility index (Phi) is 6.77. The van der Waals surface area contributed by atoms with Crippen LogP contribution >= 0.6 is 0 Å². The van der Waals surface area contributed by atoms with Crippen LogP contribution in [0.25, 0.3) is 0 Å². The highest BCUT2D eigenvalue weighted by molar-refractivity contribution is 5.80.